The first-order valence-electron chi connectivity index (χ1n) is 7.17. The van der Waals surface area contributed by atoms with Crippen molar-refractivity contribution in [3.05, 3.63) is 28.8 Å². The van der Waals surface area contributed by atoms with E-state index in [2.05, 4.69) is 39.1 Å². The van der Waals surface area contributed by atoms with Crippen molar-refractivity contribution in [2.45, 2.75) is 62.4 Å². The van der Waals surface area contributed by atoms with Crippen LogP contribution >= 0.6 is 23.4 Å². The van der Waals surface area contributed by atoms with E-state index in [1.807, 2.05) is 23.9 Å². The summed E-state index contributed by atoms with van der Waals surface area (Å²) >= 11 is 8.28. The van der Waals surface area contributed by atoms with Crippen LogP contribution < -0.4 is 5.32 Å². The lowest BCUT2D eigenvalue weighted by Gasteiger charge is -2.23. The van der Waals surface area contributed by atoms with Gasteiger partial charge < -0.3 is 10.1 Å². The molecule has 1 heterocycles. The monoisotopic (exact) mass is 313 g/mol. The highest BCUT2D eigenvalue weighted by Gasteiger charge is 2.26. The summed E-state index contributed by atoms with van der Waals surface area (Å²) in [6.45, 7) is 10.4. The van der Waals surface area contributed by atoms with E-state index in [1.54, 1.807) is 0 Å². The van der Waals surface area contributed by atoms with Crippen LogP contribution in [0.15, 0.2) is 23.1 Å². The molecule has 2 rings (SSSR count). The summed E-state index contributed by atoms with van der Waals surface area (Å²) in [6.07, 6.45) is 1.41. The molecule has 0 radical (unpaired) electrons. The first-order chi connectivity index (χ1) is 9.37. The summed E-state index contributed by atoms with van der Waals surface area (Å²) < 4.78 is 5.65. The highest BCUT2D eigenvalue weighted by Crippen LogP contribution is 2.38. The van der Waals surface area contributed by atoms with Gasteiger partial charge in [0.2, 0.25) is 0 Å². The molecule has 0 saturated carbocycles. The van der Waals surface area contributed by atoms with Gasteiger partial charge in [-0.05, 0) is 45.7 Å². The zero-order valence-corrected chi connectivity index (χ0v) is 14.3. The lowest BCUT2D eigenvalue weighted by atomic mass is 10.1. The Labute approximate surface area is 131 Å². The first-order valence-corrected chi connectivity index (χ1v) is 8.43. The second-order valence-electron chi connectivity index (χ2n) is 6.35. The van der Waals surface area contributed by atoms with Gasteiger partial charge in [-0.1, -0.05) is 23.7 Å². The summed E-state index contributed by atoms with van der Waals surface area (Å²) in [5, 5.41) is 4.89. The van der Waals surface area contributed by atoms with Gasteiger partial charge in [-0.25, -0.2) is 0 Å². The molecule has 0 bridgehead atoms. The molecule has 0 amide bonds. The third-order valence-electron chi connectivity index (χ3n) is 3.43. The number of thioether (sulfide) groups is 1. The van der Waals surface area contributed by atoms with E-state index >= 15 is 0 Å². The van der Waals surface area contributed by atoms with Crippen molar-refractivity contribution in [1.82, 2.24) is 5.32 Å². The van der Waals surface area contributed by atoms with Crippen LogP contribution in [0.2, 0.25) is 5.02 Å². The maximum atomic E-state index is 6.42. The van der Waals surface area contributed by atoms with Crippen molar-refractivity contribution in [2.75, 3.05) is 6.61 Å². The number of hydrogen-bond donors (Lipinski definition) is 1. The number of ether oxygens (including phenoxy) is 1. The smallest absolute Gasteiger partial charge is 0.0669 e. The summed E-state index contributed by atoms with van der Waals surface area (Å²) in [7, 11) is 0. The maximum absolute atomic E-state index is 6.42. The SMILES string of the molecule is CC1OCCC1Sc1c(Cl)cccc1CNC(C)(C)C. The minimum Gasteiger partial charge on any atom is -0.377 e. The number of benzene rings is 1. The number of hydrogen-bond acceptors (Lipinski definition) is 3. The molecule has 1 aromatic rings. The average Bonchev–Trinajstić information content (AvgIpc) is 2.75. The normalized spacial score (nSPS) is 23.2. The van der Waals surface area contributed by atoms with Gasteiger partial charge in [0.15, 0.2) is 0 Å². The van der Waals surface area contributed by atoms with Crippen molar-refractivity contribution in [1.29, 1.82) is 0 Å². The van der Waals surface area contributed by atoms with Crippen LogP contribution in [0, 0.1) is 0 Å². The molecule has 0 aromatic heterocycles. The van der Waals surface area contributed by atoms with Crippen molar-refractivity contribution in [3.8, 4) is 0 Å². The Hall–Kier alpha value is -0.220. The van der Waals surface area contributed by atoms with Crippen LogP contribution in [0.3, 0.4) is 0 Å². The minimum absolute atomic E-state index is 0.105. The largest absolute Gasteiger partial charge is 0.377 e. The van der Waals surface area contributed by atoms with Crippen LogP contribution in [-0.2, 0) is 11.3 Å². The Morgan fingerprint density at radius 1 is 1.40 bits per heavy atom. The van der Waals surface area contributed by atoms with Gasteiger partial charge in [-0.15, -0.1) is 11.8 Å². The molecule has 1 fully saturated rings. The van der Waals surface area contributed by atoms with E-state index in [-0.39, 0.29) is 5.54 Å². The van der Waals surface area contributed by atoms with Crippen molar-refractivity contribution < 1.29 is 4.74 Å². The molecule has 1 aliphatic rings. The van der Waals surface area contributed by atoms with Gasteiger partial charge in [0.05, 0.1) is 11.1 Å². The Morgan fingerprint density at radius 3 is 2.75 bits per heavy atom. The van der Waals surface area contributed by atoms with Gasteiger partial charge in [-0.2, -0.15) is 0 Å². The zero-order chi connectivity index (χ0) is 14.8. The molecule has 2 nitrogen and oxygen atoms in total. The lowest BCUT2D eigenvalue weighted by Crippen LogP contribution is -2.35. The molecular formula is C16H24ClNOS. The van der Waals surface area contributed by atoms with Crippen LogP contribution in [0.1, 0.15) is 39.7 Å². The molecule has 0 aliphatic carbocycles. The van der Waals surface area contributed by atoms with Crippen LogP contribution in [0.25, 0.3) is 0 Å². The summed E-state index contributed by atoms with van der Waals surface area (Å²) in [5.74, 6) is 0. The Balaban J connectivity index is 2.13. The highest BCUT2D eigenvalue weighted by atomic mass is 35.5. The molecule has 112 valence electrons. The Kier molecular flexibility index (Phi) is 5.41. The third kappa shape index (κ3) is 4.39. The molecule has 1 saturated heterocycles. The molecule has 2 atom stereocenters. The number of halogens is 1. The second-order valence-corrected chi connectivity index (χ2v) is 8.01. The van der Waals surface area contributed by atoms with Crippen molar-refractivity contribution >= 4 is 23.4 Å². The second kappa shape index (κ2) is 6.69. The van der Waals surface area contributed by atoms with E-state index in [1.165, 1.54) is 10.5 Å². The topological polar surface area (TPSA) is 21.3 Å². The van der Waals surface area contributed by atoms with E-state index in [4.69, 9.17) is 16.3 Å². The summed E-state index contributed by atoms with van der Waals surface area (Å²) in [5.41, 5.74) is 1.38. The number of rotatable bonds is 4. The van der Waals surface area contributed by atoms with E-state index in [0.717, 1.165) is 24.6 Å². The van der Waals surface area contributed by atoms with Crippen molar-refractivity contribution in [2.24, 2.45) is 0 Å². The Morgan fingerprint density at radius 2 is 2.15 bits per heavy atom. The number of nitrogens with one attached hydrogen (secondary N) is 1. The van der Waals surface area contributed by atoms with Gasteiger partial charge in [0, 0.05) is 28.8 Å². The fraction of sp³-hybridized carbons (Fsp3) is 0.625. The average molecular weight is 314 g/mol. The van der Waals surface area contributed by atoms with Crippen LogP contribution in [-0.4, -0.2) is 23.5 Å². The highest BCUT2D eigenvalue weighted by molar-refractivity contribution is 8.00. The van der Waals surface area contributed by atoms with Gasteiger partial charge >= 0.3 is 0 Å². The Bertz CT molecular complexity index is 458. The minimum atomic E-state index is 0.105. The molecule has 2 unspecified atom stereocenters. The quantitative estimate of drug-likeness (QED) is 0.884. The van der Waals surface area contributed by atoms with Gasteiger partial charge in [0.25, 0.3) is 0 Å². The predicted octanol–water partition coefficient (Wildman–Crippen LogP) is 4.50. The molecular weight excluding hydrogens is 290 g/mol. The fourth-order valence-electron chi connectivity index (χ4n) is 2.20. The zero-order valence-electron chi connectivity index (χ0n) is 12.7. The standard InChI is InChI=1S/C16H24ClNOS/c1-11-14(8-9-19-11)20-15-12(6-5-7-13(15)17)10-18-16(2,3)4/h5-7,11,14,18H,8-10H2,1-4H3. The van der Waals surface area contributed by atoms with E-state index < -0.39 is 0 Å². The fourth-order valence-corrected chi connectivity index (χ4v) is 3.79. The molecule has 4 heteroatoms. The third-order valence-corrected chi connectivity index (χ3v) is 5.50. The van der Waals surface area contributed by atoms with Crippen LogP contribution in [0.5, 0.6) is 0 Å². The maximum Gasteiger partial charge on any atom is 0.0669 e. The first kappa shape index (κ1) is 16.2. The summed E-state index contributed by atoms with van der Waals surface area (Å²) in [6, 6.07) is 6.17. The predicted molar refractivity (Wildman–Crippen MR) is 87.7 cm³/mol. The van der Waals surface area contributed by atoms with E-state index in [0.29, 0.717) is 11.4 Å². The van der Waals surface area contributed by atoms with Gasteiger partial charge in [-0.3, -0.25) is 0 Å². The van der Waals surface area contributed by atoms with E-state index in [9.17, 15) is 0 Å². The molecule has 0 spiro atoms. The molecule has 1 aliphatic heterocycles. The molecule has 20 heavy (non-hydrogen) atoms. The molecule has 1 N–H and O–H groups in total. The molecule has 1 aromatic carbocycles. The van der Waals surface area contributed by atoms with Crippen LogP contribution in [0.4, 0.5) is 0 Å². The van der Waals surface area contributed by atoms with Crippen molar-refractivity contribution in [3.63, 3.8) is 0 Å². The summed E-state index contributed by atoms with van der Waals surface area (Å²) in [4.78, 5) is 1.20. The lowest BCUT2D eigenvalue weighted by molar-refractivity contribution is 0.127. The van der Waals surface area contributed by atoms with Gasteiger partial charge in [0.1, 0.15) is 0 Å².